The maximum atomic E-state index is 16.5. The van der Waals surface area contributed by atoms with Crippen LogP contribution in [0.4, 0.5) is 45.9 Å². The molecule has 0 unspecified atom stereocenters. The standard InChI is InChI=1S/C69H53Cl2F4N9O10S2/c1-68(2,3)49-29-41(45-31-43(70)19-21-55(45)91-57-33-53(74)59(35-51(57)72)95(87,88)82(65-76-23-13-24-77-65)37-39-15-9-7-10-16-39)27-47-61(49)93-80-63(47)84(67(85)86)64-48-28-42(30-50(69(4,5)6)62(48)94-81-64)46-32-44(71)20-22-56(46)92-58-34-54(75)60(36-52(58)73)96(89,90)83(66-78-25-14-26-79-66)38-40-17-11-8-12-18-40/h7-36H,37-38H2,1-6H3,(H,85,86). The minimum absolute atomic E-state index is 0.0965. The van der Waals surface area contributed by atoms with E-state index in [4.69, 9.17) is 41.7 Å². The fourth-order valence-corrected chi connectivity index (χ4v) is 13.8. The van der Waals surface area contributed by atoms with E-state index in [1.807, 2.05) is 41.5 Å². The van der Waals surface area contributed by atoms with Crippen molar-refractivity contribution in [3.63, 3.8) is 0 Å². The van der Waals surface area contributed by atoms with Crippen LogP contribution in [-0.4, -0.2) is 58.3 Å². The van der Waals surface area contributed by atoms with Crippen molar-refractivity contribution in [3.05, 3.63) is 238 Å². The van der Waals surface area contributed by atoms with Crippen LogP contribution in [0.1, 0.15) is 63.8 Å². The normalized spacial score (nSPS) is 12.1. The molecule has 8 aromatic carbocycles. The molecule has 12 rings (SSSR count). The van der Waals surface area contributed by atoms with Gasteiger partial charge in [-0.1, -0.05) is 136 Å². The molecule has 0 saturated carbocycles. The van der Waals surface area contributed by atoms with Crippen LogP contribution in [0.5, 0.6) is 23.0 Å². The third-order valence-corrected chi connectivity index (χ3v) is 19.2. The van der Waals surface area contributed by atoms with E-state index in [9.17, 15) is 26.7 Å². The van der Waals surface area contributed by atoms with E-state index >= 15 is 17.6 Å². The fraction of sp³-hybridized carbons (Fsp3) is 0.145. The van der Waals surface area contributed by atoms with Crippen molar-refractivity contribution >= 4 is 94.8 Å². The average molecular weight is 1380 g/mol. The molecule has 27 heteroatoms. The molecule has 0 fully saturated rings. The minimum Gasteiger partial charge on any atom is -0.464 e. The van der Waals surface area contributed by atoms with Crippen LogP contribution in [0.2, 0.25) is 10.0 Å². The van der Waals surface area contributed by atoms with Crippen molar-refractivity contribution in [2.45, 2.75) is 75.3 Å². The zero-order valence-corrected chi connectivity index (χ0v) is 54.6. The third-order valence-electron chi connectivity index (χ3n) is 15.3. The minimum atomic E-state index is -4.89. The number of rotatable bonds is 18. The molecule has 0 spiro atoms. The number of nitrogens with zero attached hydrogens (tertiary/aromatic N) is 9. The maximum absolute atomic E-state index is 16.5. The molecule has 0 bridgehead atoms. The Morgan fingerprint density at radius 3 is 1.22 bits per heavy atom. The predicted molar refractivity (Wildman–Crippen MR) is 353 cm³/mol. The van der Waals surface area contributed by atoms with Crippen molar-refractivity contribution < 1.29 is 62.8 Å². The first-order valence-corrected chi connectivity index (χ1v) is 32.8. The van der Waals surface area contributed by atoms with E-state index in [0.717, 1.165) is 13.5 Å². The van der Waals surface area contributed by atoms with Gasteiger partial charge in [-0.15, -0.1) is 0 Å². The van der Waals surface area contributed by atoms with Crippen LogP contribution in [0, 0.1) is 23.3 Å². The predicted octanol–water partition coefficient (Wildman–Crippen LogP) is 17.5. The molecular weight excluding hydrogens is 1330 g/mol. The van der Waals surface area contributed by atoms with Gasteiger partial charge >= 0.3 is 6.09 Å². The van der Waals surface area contributed by atoms with Gasteiger partial charge in [0.15, 0.2) is 45.9 Å². The number of fused-ring (bicyclic) bond motifs is 2. The number of benzene rings is 8. The van der Waals surface area contributed by atoms with Crippen LogP contribution < -0.4 is 23.0 Å². The number of carbonyl (C=O) groups is 1. The zero-order chi connectivity index (χ0) is 68.2. The van der Waals surface area contributed by atoms with Crippen molar-refractivity contribution in [2.75, 3.05) is 13.5 Å². The van der Waals surface area contributed by atoms with E-state index in [1.165, 1.54) is 85.5 Å². The number of ether oxygens (including phenoxy) is 2. The summed E-state index contributed by atoms with van der Waals surface area (Å²) < 4.78 is 149. The lowest BCUT2D eigenvalue weighted by atomic mass is 9.83. The molecule has 0 aliphatic carbocycles. The summed E-state index contributed by atoms with van der Waals surface area (Å²) in [5.74, 6) is -8.11. The summed E-state index contributed by atoms with van der Waals surface area (Å²) in [6.45, 7) is 10.5. The third kappa shape index (κ3) is 13.0. The van der Waals surface area contributed by atoms with Gasteiger partial charge in [-0.2, -0.15) is 0 Å². The summed E-state index contributed by atoms with van der Waals surface area (Å²) >= 11 is 13.3. The van der Waals surface area contributed by atoms with Gasteiger partial charge in [0.25, 0.3) is 20.0 Å². The highest BCUT2D eigenvalue weighted by Gasteiger charge is 2.37. The second-order valence-corrected chi connectivity index (χ2v) is 28.5. The van der Waals surface area contributed by atoms with E-state index in [1.54, 1.807) is 72.8 Å². The molecule has 1 N–H and O–H groups in total. The molecule has 0 radical (unpaired) electrons. The Morgan fingerprint density at radius 1 is 0.490 bits per heavy atom. The van der Waals surface area contributed by atoms with Crippen molar-refractivity contribution in [1.82, 2.24) is 30.2 Å². The summed E-state index contributed by atoms with van der Waals surface area (Å²) in [5, 5.41) is 20.6. The van der Waals surface area contributed by atoms with Crippen molar-refractivity contribution in [1.29, 1.82) is 0 Å². The Bertz CT molecular complexity index is 4910. The van der Waals surface area contributed by atoms with E-state index in [2.05, 4.69) is 30.2 Å². The van der Waals surface area contributed by atoms with Gasteiger partial charge in [0.1, 0.15) is 32.9 Å². The molecule has 96 heavy (non-hydrogen) atoms. The highest BCUT2D eigenvalue weighted by atomic mass is 35.5. The second kappa shape index (κ2) is 25.7. The Labute approximate surface area is 556 Å². The number of aromatic nitrogens is 6. The molecule has 19 nitrogen and oxygen atoms in total. The highest BCUT2D eigenvalue weighted by molar-refractivity contribution is 7.93. The number of sulfonamides is 2. The molecule has 0 aliphatic rings. The average Bonchev–Trinajstić information content (AvgIpc) is 1.52. The molecule has 488 valence electrons. The van der Waals surface area contributed by atoms with Gasteiger partial charge in [-0.3, -0.25) is 0 Å². The number of anilines is 4. The molecule has 0 saturated heterocycles. The molecule has 0 aliphatic heterocycles. The first kappa shape index (κ1) is 65.6. The smallest absolute Gasteiger partial charge is 0.419 e. The number of halogens is 6. The lowest BCUT2D eigenvalue weighted by molar-refractivity contribution is 0.204. The monoisotopic (exact) mass is 1380 g/mol. The van der Waals surface area contributed by atoms with E-state index in [-0.39, 0.29) is 102 Å². The molecular formula is C69H53Cl2F4N9O10S2. The lowest BCUT2D eigenvalue weighted by Gasteiger charge is -2.23. The Kier molecular flexibility index (Phi) is 17.5. The molecule has 0 atom stereocenters. The highest BCUT2D eigenvalue weighted by Crippen LogP contribution is 2.48. The topological polar surface area (TPSA) is 237 Å². The Balaban J connectivity index is 0.921. The largest absolute Gasteiger partial charge is 0.464 e. The van der Waals surface area contributed by atoms with Gasteiger partial charge in [0, 0.05) is 81.4 Å². The van der Waals surface area contributed by atoms with Gasteiger partial charge < -0.3 is 23.6 Å². The van der Waals surface area contributed by atoms with Gasteiger partial charge in [0.2, 0.25) is 11.9 Å². The summed E-state index contributed by atoms with van der Waals surface area (Å²) in [5.41, 5.74) is 1.61. The second-order valence-electron chi connectivity index (χ2n) is 23.9. The van der Waals surface area contributed by atoms with Crippen LogP contribution in [0.25, 0.3) is 44.2 Å². The van der Waals surface area contributed by atoms with Crippen LogP contribution in [-0.2, 0) is 44.0 Å². The number of hydrogen-bond acceptors (Lipinski definition) is 15. The number of amides is 1. The number of carboxylic acid groups (broad SMARTS) is 1. The summed E-state index contributed by atoms with van der Waals surface area (Å²) in [6.07, 6.45) is 3.62. The van der Waals surface area contributed by atoms with Crippen molar-refractivity contribution in [3.8, 4) is 45.3 Å². The Morgan fingerprint density at radius 2 is 0.865 bits per heavy atom. The summed E-state index contributed by atoms with van der Waals surface area (Å²) in [7, 11) is -9.78. The maximum Gasteiger partial charge on any atom is 0.419 e. The molecule has 1 amide bonds. The molecule has 4 heterocycles. The lowest BCUT2D eigenvalue weighted by Crippen LogP contribution is -2.32. The van der Waals surface area contributed by atoms with Gasteiger partial charge in [0.05, 0.1) is 23.9 Å². The SMILES string of the molecule is CC(C)(C)c1cc(-c2cc(Cl)ccc2Oc2cc(F)c(S(=O)(=O)N(Cc3ccccc3)c3ncccn3)cc2F)cc2c(N(C(=O)O)c3noc4c(C(C)(C)C)cc(-c5cc(Cl)ccc5Oc5cc(F)c(S(=O)(=O)N(Cc6ccccc6)c6ncccn6)cc5F)cc34)noc12. The quantitative estimate of drug-likeness (QED) is 0.0786. The van der Waals surface area contributed by atoms with Crippen LogP contribution >= 0.6 is 23.2 Å². The van der Waals surface area contributed by atoms with Crippen LogP contribution in [0.15, 0.2) is 201 Å². The zero-order valence-electron chi connectivity index (χ0n) is 51.5. The van der Waals surface area contributed by atoms with Gasteiger partial charge in [-0.25, -0.2) is 72.6 Å². The number of hydrogen-bond donors (Lipinski definition) is 1. The van der Waals surface area contributed by atoms with Crippen LogP contribution in [0.3, 0.4) is 0 Å². The molecule has 12 aromatic rings. The summed E-state index contributed by atoms with van der Waals surface area (Å²) in [6, 6.07) is 37.0. The fourth-order valence-electron chi connectivity index (χ4n) is 10.6. The molecule has 4 aromatic heterocycles. The van der Waals surface area contributed by atoms with Crippen molar-refractivity contribution in [2.24, 2.45) is 0 Å². The van der Waals surface area contributed by atoms with Gasteiger partial charge in [-0.05, 0) is 106 Å². The van der Waals surface area contributed by atoms with E-state index in [0.29, 0.717) is 46.5 Å². The van der Waals surface area contributed by atoms with E-state index < -0.39 is 81.5 Å². The summed E-state index contributed by atoms with van der Waals surface area (Å²) in [4.78, 5) is 29.0. The Hall–Kier alpha value is -10.5. The first-order chi connectivity index (χ1) is 45.6. The first-order valence-electron chi connectivity index (χ1n) is 29.2.